The quantitative estimate of drug-likeness (QED) is 0.544. The average molecular weight is 254 g/mol. The molecule has 0 spiro atoms. The van der Waals surface area contributed by atoms with Crippen LogP contribution in [0.5, 0.6) is 0 Å². The summed E-state index contributed by atoms with van der Waals surface area (Å²) in [5, 5.41) is 0. The molecule has 0 bridgehead atoms. The Morgan fingerprint density at radius 3 is 2.50 bits per heavy atom. The largest absolute Gasteiger partial charge is 0.299 e. The summed E-state index contributed by atoms with van der Waals surface area (Å²) in [4.78, 5) is 11.0. The Hall–Kier alpha value is 0.400. The van der Waals surface area contributed by atoms with Crippen LogP contribution in [0.1, 0.15) is 39.5 Å². The van der Waals surface area contributed by atoms with Gasteiger partial charge < -0.3 is 0 Å². The number of rotatable bonds is 5. The Kier molecular flexibility index (Phi) is 6.38. The van der Waals surface area contributed by atoms with E-state index < -0.39 is 0 Å². The first kappa shape index (κ1) is 10.4. The van der Waals surface area contributed by atoms with Crippen LogP contribution in [0.4, 0.5) is 0 Å². The molecule has 0 saturated heterocycles. The van der Waals surface area contributed by atoms with Gasteiger partial charge in [0.1, 0.15) is 5.78 Å². The van der Waals surface area contributed by atoms with E-state index in [1.807, 2.05) is 6.92 Å². The molecule has 1 nitrogen and oxygen atoms in total. The Morgan fingerprint density at radius 2 is 2.10 bits per heavy atom. The number of carbonyl (C=O) groups excluding carboxylic acids is 1. The highest BCUT2D eigenvalue weighted by Gasteiger charge is 2.10. The van der Waals surface area contributed by atoms with Gasteiger partial charge in [0.2, 0.25) is 0 Å². The van der Waals surface area contributed by atoms with Crippen molar-refractivity contribution in [3.05, 3.63) is 0 Å². The Morgan fingerprint density at radius 1 is 1.50 bits per heavy atom. The normalized spacial score (nSPS) is 13.1. The number of carbonyl (C=O) groups is 1. The number of hydrogen-bond acceptors (Lipinski definition) is 1. The van der Waals surface area contributed by atoms with Crippen LogP contribution in [0.3, 0.4) is 0 Å². The number of halogens is 1. The Labute approximate surface area is 76.7 Å². The lowest BCUT2D eigenvalue weighted by Crippen LogP contribution is -2.11. The Balaban J connectivity index is 3.41. The second-order valence-electron chi connectivity index (χ2n) is 2.43. The minimum atomic E-state index is 0.266. The number of unbranched alkanes of at least 4 members (excludes halogenated alkanes) is 1. The van der Waals surface area contributed by atoms with Crippen LogP contribution in [-0.4, -0.2) is 9.71 Å². The van der Waals surface area contributed by atoms with Gasteiger partial charge in [-0.25, -0.2) is 0 Å². The molecule has 0 aromatic rings. The summed E-state index contributed by atoms with van der Waals surface area (Å²) in [6.45, 7) is 4.08. The van der Waals surface area contributed by atoms with Crippen LogP contribution < -0.4 is 0 Å². The second kappa shape index (κ2) is 6.13. The first-order chi connectivity index (χ1) is 4.72. The maximum absolute atomic E-state index is 11.0. The Bertz CT molecular complexity index is 101. The smallest absolute Gasteiger partial charge is 0.145 e. The molecule has 0 aromatic carbocycles. The summed E-state index contributed by atoms with van der Waals surface area (Å²) in [5.74, 6) is 0.397. The van der Waals surface area contributed by atoms with Crippen LogP contribution in [0, 0.1) is 0 Å². The third-order valence-corrected chi connectivity index (χ3v) is 2.83. The van der Waals surface area contributed by atoms with E-state index in [-0.39, 0.29) is 3.92 Å². The van der Waals surface area contributed by atoms with Crippen LogP contribution >= 0.6 is 22.6 Å². The lowest BCUT2D eigenvalue weighted by atomic mass is 10.1. The lowest BCUT2D eigenvalue weighted by Gasteiger charge is -2.04. The third-order valence-electron chi connectivity index (χ3n) is 1.51. The summed E-state index contributed by atoms with van der Waals surface area (Å²) in [6, 6.07) is 0. The fourth-order valence-corrected chi connectivity index (χ4v) is 1.65. The molecular formula is C8H15IO. The molecule has 0 aliphatic rings. The van der Waals surface area contributed by atoms with Gasteiger partial charge in [-0.2, -0.15) is 0 Å². The molecule has 0 aromatic heterocycles. The molecule has 0 saturated carbocycles. The van der Waals surface area contributed by atoms with Crippen molar-refractivity contribution in [1.29, 1.82) is 0 Å². The van der Waals surface area contributed by atoms with E-state index in [0.29, 0.717) is 12.2 Å². The topological polar surface area (TPSA) is 17.1 Å². The molecule has 0 N–H and O–H groups in total. The minimum absolute atomic E-state index is 0.266. The SMILES string of the molecule is CCCCC(I)C(=O)CC. The summed E-state index contributed by atoms with van der Waals surface area (Å²) >= 11 is 2.24. The zero-order valence-corrected chi connectivity index (χ0v) is 8.85. The lowest BCUT2D eigenvalue weighted by molar-refractivity contribution is -0.118. The molecule has 10 heavy (non-hydrogen) atoms. The van der Waals surface area contributed by atoms with E-state index in [9.17, 15) is 4.79 Å². The van der Waals surface area contributed by atoms with Crippen molar-refractivity contribution in [3.8, 4) is 0 Å². The van der Waals surface area contributed by atoms with Gasteiger partial charge in [0.25, 0.3) is 0 Å². The van der Waals surface area contributed by atoms with Crippen LogP contribution in [0.15, 0.2) is 0 Å². The molecule has 0 fully saturated rings. The van der Waals surface area contributed by atoms with Gasteiger partial charge in [-0.1, -0.05) is 49.3 Å². The monoisotopic (exact) mass is 254 g/mol. The van der Waals surface area contributed by atoms with Crippen molar-refractivity contribution >= 4 is 28.4 Å². The predicted molar refractivity (Wildman–Crippen MR) is 52.6 cm³/mol. The third kappa shape index (κ3) is 4.25. The van der Waals surface area contributed by atoms with E-state index in [1.54, 1.807) is 0 Å². The second-order valence-corrected chi connectivity index (χ2v) is 3.93. The molecule has 0 rings (SSSR count). The van der Waals surface area contributed by atoms with Gasteiger partial charge >= 0.3 is 0 Å². The molecule has 0 radical (unpaired) electrons. The molecule has 2 heteroatoms. The molecule has 0 heterocycles. The highest BCUT2D eigenvalue weighted by Crippen LogP contribution is 2.12. The molecular weight excluding hydrogens is 239 g/mol. The molecule has 1 unspecified atom stereocenters. The highest BCUT2D eigenvalue weighted by atomic mass is 127. The van der Waals surface area contributed by atoms with E-state index in [1.165, 1.54) is 12.8 Å². The van der Waals surface area contributed by atoms with E-state index in [2.05, 4.69) is 29.5 Å². The van der Waals surface area contributed by atoms with E-state index >= 15 is 0 Å². The average Bonchev–Trinajstić information content (AvgIpc) is 1.98. The van der Waals surface area contributed by atoms with Gasteiger partial charge in [-0.05, 0) is 6.42 Å². The van der Waals surface area contributed by atoms with Gasteiger partial charge in [0.15, 0.2) is 0 Å². The summed E-state index contributed by atoms with van der Waals surface area (Å²) < 4.78 is 0.266. The van der Waals surface area contributed by atoms with Crippen LogP contribution in [0.2, 0.25) is 0 Å². The van der Waals surface area contributed by atoms with Gasteiger partial charge in [-0.3, -0.25) is 4.79 Å². The zero-order chi connectivity index (χ0) is 7.98. The predicted octanol–water partition coefficient (Wildman–Crippen LogP) is 2.96. The van der Waals surface area contributed by atoms with Crippen molar-refractivity contribution in [2.24, 2.45) is 0 Å². The van der Waals surface area contributed by atoms with Crippen molar-refractivity contribution in [2.75, 3.05) is 0 Å². The standard InChI is InChI=1S/C8H15IO/c1-3-5-6-7(9)8(10)4-2/h7H,3-6H2,1-2H3. The van der Waals surface area contributed by atoms with Gasteiger partial charge in [0, 0.05) is 6.42 Å². The minimum Gasteiger partial charge on any atom is -0.299 e. The number of Topliss-reactive ketones (excluding diaryl/α,β-unsaturated/α-hetero) is 1. The maximum atomic E-state index is 11.0. The number of alkyl halides is 1. The first-order valence-corrected chi connectivity index (χ1v) is 5.13. The molecule has 0 aliphatic heterocycles. The number of ketones is 1. The van der Waals surface area contributed by atoms with E-state index in [4.69, 9.17) is 0 Å². The van der Waals surface area contributed by atoms with Crippen molar-refractivity contribution in [2.45, 2.75) is 43.5 Å². The van der Waals surface area contributed by atoms with Crippen LogP contribution in [0.25, 0.3) is 0 Å². The molecule has 0 aliphatic carbocycles. The molecule has 0 amide bonds. The molecule has 1 atom stereocenters. The maximum Gasteiger partial charge on any atom is 0.145 e. The van der Waals surface area contributed by atoms with Crippen molar-refractivity contribution in [3.63, 3.8) is 0 Å². The van der Waals surface area contributed by atoms with Crippen molar-refractivity contribution in [1.82, 2.24) is 0 Å². The highest BCUT2D eigenvalue weighted by molar-refractivity contribution is 14.1. The zero-order valence-electron chi connectivity index (χ0n) is 6.69. The summed E-state index contributed by atoms with van der Waals surface area (Å²) in [6.07, 6.45) is 4.12. The fraction of sp³-hybridized carbons (Fsp3) is 0.875. The van der Waals surface area contributed by atoms with E-state index in [0.717, 1.165) is 6.42 Å². The van der Waals surface area contributed by atoms with Gasteiger partial charge in [-0.15, -0.1) is 0 Å². The fourth-order valence-electron chi connectivity index (χ4n) is 0.766. The van der Waals surface area contributed by atoms with Crippen LogP contribution in [-0.2, 0) is 4.79 Å². The summed E-state index contributed by atoms with van der Waals surface area (Å²) in [7, 11) is 0. The number of hydrogen-bond donors (Lipinski definition) is 0. The van der Waals surface area contributed by atoms with Crippen molar-refractivity contribution < 1.29 is 4.79 Å². The molecule has 60 valence electrons. The summed E-state index contributed by atoms with van der Waals surface area (Å²) in [5.41, 5.74) is 0. The van der Waals surface area contributed by atoms with Gasteiger partial charge in [0.05, 0.1) is 3.92 Å². The first-order valence-electron chi connectivity index (χ1n) is 3.89.